The number of oxime groups is 1. The molecule has 0 amide bonds. The average Bonchev–Trinajstić information content (AvgIpc) is 3.07. The fourth-order valence-corrected chi connectivity index (χ4v) is 3.57. The Balaban J connectivity index is 1.54. The fraction of sp³-hybridized carbons (Fsp3) is 0.409. The summed E-state index contributed by atoms with van der Waals surface area (Å²) in [6.07, 6.45) is 3.60. The molecule has 1 aliphatic heterocycles. The third-order valence-electron chi connectivity index (χ3n) is 5.17. The molecule has 1 heterocycles. The summed E-state index contributed by atoms with van der Waals surface area (Å²) in [5.74, 6) is 1.85. The van der Waals surface area contributed by atoms with Crippen LogP contribution in [-0.2, 0) is 12.8 Å². The van der Waals surface area contributed by atoms with E-state index in [4.69, 9.17) is 14.7 Å². The van der Waals surface area contributed by atoms with Gasteiger partial charge in [0.05, 0.1) is 19.4 Å². The van der Waals surface area contributed by atoms with E-state index in [0.717, 1.165) is 49.4 Å². The van der Waals surface area contributed by atoms with Gasteiger partial charge >= 0.3 is 0 Å². The van der Waals surface area contributed by atoms with Gasteiger partial charge in [0.25, 0.3) is 0 Å². The highest BCUT2D eigenvalue weighted by molar-refractivity contribution is 5.88. The molecule has 0 saturated carbocycles. The lowest BCUT2D eigenvalue weighted by atomic mass is 10.0. The van der Waals surface area contributed by atoms with E-state index in [1.807, 2.05) is 24.3 Å². The lowest BCUT2D eigenvalue weighted by Gasteiger charge is -2.19. The van der Waals surface area contributed by atoms with Gasteiger partial charge < -0.3 is 14.7 Å². The first-order chi connectivity index (χ1) is 13.2. The molecular weight excluding hydrogens is 340 g/mol. The summed E-state index contributed by atoms with van der Waals surface area (Å²) in [5.41, 5.74) is 3.33. The summed E-state index contributed by atoms with van der Waals surface area (Å²) >= 11 is 0. The van der Waals surface area contributed by atoms with Gasteiger partial charge in [-0.15, -0.1) is 0 Å². The maximum absolute atomic E-state index is 8.95. The summed E-state index contributed by atoms with van der Waals surface area (Å²) in [5, 5.41) is 12.3. The number of hydrogen-bond donors (Lipinski definition) is 1. The smallest absolute Gasteiger partial charge is 0.122 e. The molecule has 0 aromatic heterocycles. The topological polar surface area (TPSA) is 54.3 Å². The molecule has 0 bridgehead atoms. The molecule has 0 spiro atoms. The van der Waals surface area contributed by atoms with Crippen LogP contribution in [0.5, 0.6) is 11.5 Å². The Morgan fingerprint density at radius 1 is 1.15 bits per heavy atom. The number of likely N-dealkylation sites (tertiary alicyclic amines) is 1. The van der Waals surface area contributed by atoms with Crippen molar-refractivity contribution in [2.45, 2.75) is 31.7 Å². The van der Waals surface area contributed by atoms with Gasteiger partial charge in [0.15, 0.2) is 0 Å². The number of methoxy groups -OCH3 is 1. The predicted molar refractivity (Wildman–Crippen MR) is 107 cm³/mol. The summed E-state index contributed by atoms with van der Waals surface area (Å²) in [6, 6.07) is 16.8. The van der Waals surface area contributed by atoms with Gasteiger partial charge in [0.1, 0.15) is 11.5 Å². The first kappa shape index (κ1) is 19.2. The second kappa shape index (κ2) is 9.42. The van der Waals surface area contributed by atoms with Crippen molar-refractivity contribution in [1.82, 2.24) is 4.90 Å². The van der Waals surface area contributed by atoms with Crippen LogP contribution in [-0.4, -0.2) is 49.2 Å². The molecule has 1 aliphatic rings. The van der Waals surface area contributed by atoms with Crippen molar-refractivity contribution in [3.8, 4) is 11.5 Å². The Morgan fingerprint density at radius 2 is 2.00 bits per heavy atom. The molecular formula is C22H28N2O3. The number of ether oxygens (including phenoxy) is 2. The van der Waals surface area contributed by atoms with Crippen LogP contribution in [0.1, 0.15) is 24.0 Å². The lowest BCUT2D eigenvalue weighted by molar-refractivity contribution is 0.232. The van der Waals surface area contributed by atoms with Crippen molar-refractivity contribution in [2.75, 3.05) is 27.3 Å². The van der Waals surface area contributed by atoms with Gasteiger partial charge in [-0.05, 0) is 55.6 Å². The van der Waals surface area contributed by atoms with Crippen LogP contribution in [0.4, 0.5) is 0 Å². The number of para-hydroxylation sites is 1. The normalized spacial score (nSPS) is 18.7. The summed E-state index contributed by atoms with van der Waals surface area (Å²) in [6.45, 7) is 1.39. The lowest BCUT2D eigenvalue weighted by Crippen LogP contribution is -2.26. The standard InChI is InChI=1S/C22H28N2O3/c1-24-16-19(23-25)15-20(24)12-13-27-22-9-4-3-7-18(22)11-10-17-6-5-8-21(14-17)26-2/h3-9,14,20,25H,10-13,15-16H2,1-2H3/b23-19-/t20-/m1/s1. The molecule has 144 valence electrons. The summed E-state index contributed by atoms with van der Waals surface area (Å²) < 4.78 is 11.4. The number of nitrogens with zero attached hydrogens (tertiary/aromatic N) is 2. The van der Waals surface area contributed by atoms with Crippen LogP contribution in [0, 0.1) is 0 Å². The highest BCUT2D eigenvalue weighted by atomic mass is 16.5. The molecule has 1 fully saturated rings. The molecule has 5 nitrogen and oxygen atoms in total. The first-order valence-electron chi connectivity index (χ1n) is 9.43. The Morgan fingerprint density at radius 3 is 2.78 bits per heavy atom. The molecule has 5 heteroatoms. The quantitative estimate of drug-likeness (QED) is 0.569. The molecule has 3 rings (SSSR count). The second-order valence-corrected chi connectivity index (χ2v) is 7.04. The van der Waals surface area contributed by atoms with Crippen LogP contribution >= 0.6 is 0 Å². The first-order valence-corrected chi connectivity index (χ1v) is 9.43. The largest absolute Gasteiger partial charge is 0.497 e. The van der Waals surface area contributed by atoms with Crippen LogP contribution in [0.15, 0.2) is 53.7 Å². The molecule has 0 aliphatic carbocycles. The fourth-order valence-electron chi connectivity index (χ4n) is 3.57. The highest BCUT2D eigenvalue weighted by Crippen LogP contribution is 2.23. The van der Waals surface area contributed by atoms with E-state index in [1.54, 1.807) is 7.11 Å². The van der Waals surface area contributed by atoms with Crippen molar-refractivity contribution in [3.05, 3.63) is 59.7 Å². The van der Waals surface area contributed by atoms with E-state index < -0.39 is 0 Å². The number of hydrogen-bond acceptors (Lipinski definition) is 5. The van der Waals surface area contributed by atoms with E-state index in [9.17, 15) is 0 Å². The van der Waals surface area contributed by atoms with Crippen LogP contribution < -0.4 is 9.47 Å². The van der Waals surface area contributed by atoms with Gasteiger partial charge in [0, 0.05) is 19.0 Å². The van der Waals surface area contributed by atoms with Crippen LogP contribution in [0.25, 0.3) is 0 Å². The Hall–Kier alpha value is -2.53. The van der Waals surface area contributed by atoms with E-state index in [-0.39, 0.29) is 0 Å². The SMILES string of the molecule is COc1cccc(CCc2ccccc2OCC[C@@H]2C/C(=N/O)CN2C)c1. The monoisotopic (exact) mass is 368 g/mol. The van der Waals surface area contributed by atoms with E-state index in [2.05, 4.69) is 41.4 Å². The van der Waals surface area contributed by atoms with Crippen molar-refractivity contribution in [3.63, 3.8) is 0 Å². The minimum absolute atomic E-state index is 0.375. The highest BCUT2D eigenvalue weighted by Gasteiger charge is 2.26. The van der Waals surface area contributed by atoms with Crippen molar-refractivity contribution in [2.24, 2.45) is 5.16 Å². The predicted octanol–water partition coefficient (Wildman–Crippen LogP) is 3.78. The third-order valence-corrected chi connectivity index (χ3v) is 5.17. The molecule has 1 N–H and O–H groups in total. The van der Waals surface area contributed by atoms with E-state index in [1.165, 1.54) is 11.1 Å². The van der Waals surface area contributed by atoms with Crippen LogP contribution in [0.3, 0.4) is 0 Å². The van der Waals surface area contributed by atoms with E-state index >= 15 is 0 Å². The molecule has 1 atom stereocenters. The van der Waals surface area contributed by atoms with Gasteiger partial charge in [-0.3, -0.25) is 4.90 Å². The van der Waals surface area contributed by atoms with Crippen LogP contribution in [0.2, 0.25) is 0 Å². The zero-order valence-corrected chi connectivity index (χ0v) is 16.1. The molecule has 1 saturated heterocycles. The maximum atomic E-state index is 8.95. The second-order valence-electron chi connectivity index (χ2n) is 7.04. The van der Waals surface area contributed by atoms with Gasteiger partial charge in [-0.25, -0.2) is 0 Å². The minimum atomic E-state index is 0.375. The van der Waals surface area contributed by atoms with Gasteiger partial charge in [-0.2, -0.15) is 0 Å². The summed E-state index contributed by atoms with van der Waals surface area (Å²) in [7, 11) is 3.75. The molecule has 2 aromatic rings. The average molecular weight is 368 g/mol. The third kappa shape index (κ3) is 5.23. The molecule has 0 unspecified atom stereocenters. The zero-order valence-electron chi connectivity index (χ0n) is 16.1. The Labute approximate surface area is 161 Å². The number of rotatable bonds is 8. The maximum Gasteiger partial charge on any atom is 0.122 e. The minimum Gasteiger partial charge on any atom is -0.497 e. The van der Waals surface area contributed by atoms with Crippen molar-refractivity contribution < 1.29 is 14.7 Å². The molecule has 0 radical (unpaired) electrons. The van der Waals surface area contributed by atoms with Gasteiger partial charge in [0.2, 0.25) is 0 Å². The Bertz CT molecular complexity index is 776. The number of aryl methyl sites for hydroxylation is 2. The molecule has 27 heavy (non-hydrogen) atoms. The molecule has 2 aromatic carbocycles. The number of benzene rings is 2. The van der Waals surface area contributed by atoms with Crippen molar-refractivity contribution >= 4 is 5.71 Å². The van der Waals surface area contributed by atoms with E-state index in [0.29, 0.717) is 12.6 Å². The van der Waals surface area contributed by atoms with Crippen molar-refractivity contribution in [1.29, 1.82) is 0 Å². The zero-order chi connectivity index (χ0) is 19.1. The van der Waals surface area contributed by atoms with Gasteiger partial charge in [-0.1, -0.05) is 35.5 Å². The summed E-state index contributed by atoms with van der Waals surface area (Å²) in [4.78, 5) is 2.22. The Kier molecular flexibility index (Phi) is 6.71.